The van der Waals surface area contributed by atoms with E-state index in [1.807, 2.05) is 17.9 Å². The van der Waals surface area contributed by atoms with Gasteiger partial charge in [0.1, 0.15) is 5.75 Å². The number of ether oxygens (including phenoxy) is 1. The minimum atomic E-state index is -0.277. The molecule has 0 saturated carbocycles. The van der Waals surface area contributed by atoms with Gasteiger partial charge in [0.2, 0.25) is 5.91 Å². The summed E-state index contributed by atoms with van der Waals surface area (Å²) in [5.74, 6) is 1.26. The molecule has 126 valence electrons. The van der Waals surface area contributed by atoms with Gasteiger partial charge in [-0.25, -0.2) is 0 Å². The fourth-order valence-electron chi connectivity index (χ4n) is 3.17. The van der Waals surface area contributed by atoms with Gasteiger partial charge >= 0.3 is 0 Å². The van der Waals surface area contributed by atoms with E-state index in [-0.39, 0.29) is 18.4 Å². The third-order valence-corrected chi connectivity index (χ3v) is 4.05. The number of carbonyl (C=O) groups excluding carboxylic acids is 2. The highest BCUT2D eigenvalue weighted by molar-refractivity contribution is 5.98. The molecule has 1 aliphatic rings. The predicted molar refractivity (Wildman–Crippen MR) is 89.5 cm³/mol. The van der Waals surface area contributed by atoms with Gasteiger partial charge in [-0.15, -0.1) is 0 Å². The summed E-state index contributed by atoms with van der Waals surface area (Å²) in [6.45, 7) is 8.26. The zero-order chi connectivity index (χ0) is 16.8. The normalized spacial score (nSPS) is 20.9. The number of hydrogen-bond acceptors (Lipinski definition) is 3. The standard InChI is InChI=1S/C18H26N2O3/c1-4-23-16-8-6-5-7-15(16)18(22)19-10-17(21)20-11-13(2)9-14(3)12-20/h5-8,13-14H,4,9-12H2,1-3H3,(H,19,22). The van der Waals surface area contributed by atoms with Crippen LogP contribution in [0.25, 0.3) is 0 Å². The van der Waals surface area contributed by atoms with E-state index in [0.717, 1.165) is 19.5 Å². The van der Waals surface area contributed by atoms with Crippen LogP contribution < -0.4 is 10.1 Å². The number of nitrogens with one attached hydrogen (secondary N) is 1. The van der Waals surface area contributed by atoms with Crippen LogP contribution in [0.2, 0.25) is 0 Å². The maximum atomic E-state index is 12.3. The SMILES string of the molecule is CCOc1ccccc1C(=O)NCC(=O)N1CC(C)CC(C)C1. The summed E-state index contributed by atoms with van der Waals surface area (Å²) in [4.78, 5) is 26.5. The Kier molecular flexibility index (Phi) is 6.02. The maximum Gasteiger partial charge on any atom is 0.255 e. The molecule has 1 N–H and O–H groups in total. The van der Waals surface area contributed by atoms with Crippen LogP contribution in [-0.4, -0.2) is 43.0 Å². The average molecular weight is 318 g/mol. The van der Waals surface area contributed by atoms with Crippen molar-refractivity contribution in [3.05, 3.63) is 29.8 Å². The molecule has 1 aromatic rings. The van der Waals surface area contributed by atoms with Crippen LogP contribution in [0.15, 0.2) is 24.3 Å². The number of para-hydroxylation sites is 1. The van der Waals surface area contributed by atoms with Crippen LogP contribution in [-0.2, 0) is 4.79 Å². The Morgan fingerprint density at radius 3 is 2.52 bits per heavy atom. The molecule has 5 nitrogen and oxygen atoms in total. The zero-order valence-corrected chi connectivity index (χ0v) is 14.2. The van der Waals surface area contributed by atoms with E-state index in [9.17, 15) is 9.59 Å². The Morgan fingerprint density at radius 1 is 1.22 bits per heavy atom. The van der Waals surface area contributed by atoms with Crippen molar-refractivity contribution in [1.82, 2.24) is 10.2 Å². The van der Waals surface area contributed by atoms with Crippen molar-refractivity contribution in [2.45, 2.75) is 27.2 Å². The third kappa shape index (κ3) is 4.71. The second kappa shape index (κ2) is 7.99. The van der Waals surface area contributed by atoms with Gasteiger partial charge in [0.05, 0.1) is 18.7 Å². The highest BCUT2D eigenvalue weighted by Gasteiger charge is 2.25. The second-order valence-corrected chi connectivity index (χ2v) is 6.36. The van der Waals surface area contributed by atoms with E-state index < -0.39 is 0 Å². The quantitative estimate of drug-likeness (QED) is 0.906. The number of carbonyl (C=O) groups is 2. The van der Waals surface area contributed by atoms with Gasteiger partial charge in [-0.3, -0.25) is 9.59 Å². The number of benzene rings is 1. The van der Waals surface area contributed by atoms with E-state index in [0.29, 0.717) is 29.8 Å². The lowest BCUT2D eigenvalue weighted by Crippen LogP contribution is -2.46. The summed E-state index contributed by atoms with van der Waals surface area (Å²) in [5, 5.41) is 2.71. The van der Waals surface area contributed by atoms with Gasteiger partial charge in [0.15, 0.2) is 0 Å². The Morgan fingerprint density at radius 2 is 1.87 bits per heavy atom. The molecule has 0 bridgehead atoms. The molecule has 1 fully saturated rings. The fourth-order valence-corrected chi connectivity index (χ4v) is 3.17. The van der Waals surface area contributed by atoms with Gasteiger partial charge in [-0.05, 0) is 37.3 Å². The van der Waals surface area contributed by atoms with E-state index >= 15 is 0 Å². The summed E-state index contributed by atoms with van der Waals surface area (Å²) < 4.78 is 5.45. The van der Waals surface area contributed by atoms with Crippen LogP contribution in [0.1, 0.15) is 37.6 Å². The number of piperidine rings is 1. The van der Waals surface area contributed by atoms with Crippen molar-refractivity contribution >= 4 is 11.8 Å². The van der Waals surface area contributed by atoms with Gasteiger partial charge in [-0.2, -0.15) is 0 Å². The second-order valence-electron chi connectivity index (χ2n) is 6.36. The summed E-state index contributed by atoms with van der Waals surface area (Å²) in [5.41, 5.74) is 0.461. The Hall–Kier alpha value is -2.04. The van der Waals surface area contributed by atoms with Gasteiger partial charge in [0.25, 0.3) is 5.91 Å². The lowest BCUT2D eigenvalue weighted by atomic mass is 9.92. The first-order valence-corrected chi connectivity index (χ1v) is 8.29. The van der Waals surface area contributed by atoms with Gasteiger partial charge in [-0.1, -0.05) is 26.0 Å². The van der Waals surface area contributed by atoms with Crippen molar-refractivity contribution in [1.29, 1.82) is 0 Å². The summed E-state index contributed by atoms with van der Waals surface area (Å²) in [6.07, 6.45) is 1.15. The van der Waals surface area contributed by atoms with Crippen molar-refractivity contribution in [2.75, 3.05) is 26.2 Å². The molecule has 5 heteroatoms. The van der Waals surface area contributed by atoms with Crippen LogP contribution in [0.3, 0.4) is 0 Å². The zero-order valence-electron chi connectivity index (χ0n) is 14.2. The first-order valence-electron chi connectivity index (χ1n) is 8.29. The number of likely N-dealkylation sites (tertiary alicyclic amines) is 1. The van der Waals surface area contributed by atoms with Crippen LogP contribution in [0.5, 0.6) is 5.75 Å². The number of rotatable bonds is 5. The maximum absolute atomic E-state index is 12.3. The molecule has 1 saturated heterocycles. The third-order valence-electron chi connectivity index (χ3n) is 4.05. The summed E-state index contributed by atoms with van der Waals surface area (Å²) >= 11 is 0. The minimum Gasteiger partial charge on any atom is -0.493 e. The average Bonchev–Trinajstić information content (AvgIpc) is 2.52. The highest BCUT2D eigenvalue weighted by atomic mass is 16.5. The lowest BCUT2D eigenvalue weighted by molar-refractivity contribution is -0.132. The van der Waals surface area contributed by atoms with Crippen molar-refractivity contribution in [2.24, 2.45) is 11.8 Å². The molecule has 0 aromatic heterocycles. The Bertz CT molecular complexity index is 549. The molecule has 2 unspecified atom stereocenters. The molecule has 2 atom stereocenters. The van der Waals surface area contributed by atoms with Gasteiger partial charge < -0.3 is 15.0 Å². The molecule has 2 rings (SSSR count). The summed E-state index contributed by atoms with van der Waals surface area (Å²) in [6, 6.07) is 7.07. The number of nitrogens with zero attached hydrogens (tertiary/aromatic N) is 1. The smallest absolute Gasteiger partial charge is 0.255 e. The van der Waals surface area contributed by atoms with Crippen molar-refractivity contribution < 1.29 is 14.3 Å². The molecule has 0 radical (unpaired) electrons. The molecule has 23 heavy (non-hydrogen) atoms. The van der Waals surface area contributed by atoms with Crippen LogP contribution in [0, 0.1) is 11.8 Å². The molecule has 2 amide bonds. The predicted octanol–water partition coefficient (Wildman–Crippen LogP) is 2.32. The molecule has 1 aromatic carbocycles. The minimum absolute atomic E-state index is 0.0226. The molecule has 1 heterocycles. The van der Waals surface area contributed by atoms with E-state index in [1.165, 1.54) is 0 Å². The summed E-state index contributed by atoms with van der Waals surface area (Å²) in [7, 11) is 0. The van der Waals surface area contributed by atoms with Crippen molar-refractivity contribution in [3.63, 3.8) is 0 Å². The molecular formula is C18H26N2O3. The Balaban J connectivity index is 1.92. The number of hydrogen-bond donors (Lipinski definition) is 1. The topological polar surface area (TPSA) is 58.6 Å². The van der Waals surface area contributed by atoms with Crippen LogP contribution in [0.4, 0.5) is 0 Å². The first kappa shape index (κ1) is 17.3. The molecule has 0 spiro atoms. The monoisotopic (exact) mass is 318 g/mol. The molecular weight excluding hydrogens is 292 g/mol. The van der Waals surface area contributed by atoms with E-state index in [1.54, 1.807) is 18.2 Å². The first-order chi connectivity index (χ1) is 11.0. The van der Waals surface area contributed by atoms with Crippen LogP contribution >= 0.6 is 0 Å². The largest absolute Gasteiger partial charge is 0.493 e. The van der Waals surface area contributed by atoms with Gasteiger partial charge in [0, 0.05) is 13.1 Å². The lowest BCUT2D eigenvalue weighted by Gasteiger charge is -2.35. The van der Waals surface area contributed by atoms with E-state index in [4.69, 9.17) is 4.74 Å². The molecule has 1 aliphatic heterocycles. The highest BCUT2D eigenvalue weighted by Crippen LogP contribution is 2.21. The van der Waals surface area contributed by atoms with Crippen molar-refractivity contribution in [3.8, 4) is 5.75 Å². The fraction of sp³-hybridized carbons (Fsp3) is 0.556. The number of amides is 2. The molecule has 0 aliphatic carbocycles. The van der Waals surface area contributed by atoms with E-state index in [2.05, 4.69) is 19.2 Å². The Labute approximate surface area is 138 Å².